The van der Waals surface area contributed by atoms with E-state index < -0.39 is 0 Å². The lowest BCUT2D eigenvalue weighted by atomic mass is 10.1. The lowest BCUT2D eigenvalue weighted by Crippen LogP contribution is -2.14. The van der Waals surface area contributed by atoms with Gasteiger partial charge in [0.05, 0.1) is 13.7 Å². The molecule has 0 heterocycles. The van der Waals surface area contributed by atoms with Gasteiger partial charge in [0.1, 0.15) is 5.75 Å². The summed E-state index contributed by atoms with van der Waals surface area (Å²) < 4.78 is 10.9. The van der Waals surface area contributed by atoms with Crippen molar-refractivity contribution in [1.82, 2.24) is 5.32 Å². The van der Waals surface area contributed by atoms with Crippen LogP contribution in [0.3, 0.4) is 0 Å². The van der Waals surface area contributed by atoms with Crippen molar-refractivity contribution in [3.63, 3.8) is 0 Å². The van der Waals surface area contributed by atoms with Crippen LogP contribution in [0, 0.1) is 0 Å². The van der Waals surface area contributed by atoms with E-state index in [4.69, 9.17) is 9.47 Å². The van der Waals surface area contributed by atoms with Crippen molar-refractivity contribution in [3.05, 3.63) is 65.7 Å². The molecule has 0 amide bonds. The predicted molar refractivity (Wildman–Crippen MR) is 104 cm³/mol. The smallest absolute Gasteiger partial charge is 0.118 e. The Hall–Kier alpha value is -1.84. The van der Waals surface area contributed by atoms with Gasteiger partial charge in [0.2, 0.25) is 0 Å². The summed E-state index contributed by atoms with van der Waals surface area (Å²) in [6.45, 7) is 3.72. The van der Waals surface area contributed by atoms with Crippen LogP contribution in [0.2, 0.25) is 0 Å². The topological polar surface area (TPSA) is 30.5 Å². The van der Waals surface area contributed by atoms with Crippen LogP contribution in [0.25, 0.3) is 0 Å². The van der Waals surface area contributed by atoms with E-state index in [1.165, 1.54) is 30.4 Å². The molecule has 0 aromatic heterocycles. The first-order valence-electron chi connectivity index (χ1n) is 9.34. The van der Waals surface area contributed by atoms with Crippen molar-refractivity contribution in [2.24, 2.45) is 0 Å². The number of nitrogens with one attached hydrogen (secondary N) is 1. The van der Waals surface area contributed by atoms with Crippen LogP contribution in [0.1, 0.15) is 36.8 Å². The third-order valence-electron chi connectivity index (χ3n) is 4.26. The zero-order valence-corrected chi connectivity index (χ0v) is 15.4. The van der Waals surface area contributed by atoms with Crippen molar-refractivity contribution >= 4 is 0 Å². The molecule has 25 heavy (non-hydrogen) atoms. The van der Waals surface area contributed by atoms with Gasteiger partial charge >= 0.3 is 0 Å². The van der Waals surface area contributed by atoms with Gasteiger partial charge < -0.3 is 14.8 Å². The van der Waals surface area contributed by atoms with Gasteiger partial charge in [-0.2, -0.15) is 0 Å². The normalized spacial score (nSPS) is 10.8. The maximum atomic E-state index is 5.73. The summed E-state index contributed by atoms with van der Waals surface area (Å²) in [5.41, 5.74) is 2.65. The summed E-state index contributed by atoms with van der Waals surface area (Å²) in [7, 11) is 1.69. The average molecular weight is 341 g/mol. The van der Waals surface area contributed by atoms with E-state index in [-0.39, 0.29) is 0 Å². The zero-order valence-electron chi connectivity index (χ0n) is 15.4. The number of benzene rings is 2. The molecular weight excluding hydrogens is 310 g/mol. The Morgan fingerprint density at radius 3 is 2.28 bits per heavy atom. The Labute approximate surface area is 152 Å². The maximum absolute atomic E-state index is 5.73. The minimum Gasteiger partial charge on any atom is -0.497 e. The second kappa shape index (κ2) is 12.5. The first-order chi connectivity index (χ1) is 12.4. The molecule has 2 aromatic rings. The molecule has 3 heteroatoms. The highest BCUT2D eigenvalue weighted by Crippen LogP contribution is 2.11. The number of hydrogen-bond donors (Lipinski definition) is 1. The lowest BCUT2D eigenvalue weighted by Gasteiger charge is -2.06. The van der Waals surface area contributed by atoms with Gasteiger partial charge in [-0.05, 0) is 49.1 Å². The fourth-order valence-corrected chi connectivity index (χ4v) is 2.72. The highest BCUT2D eigenvalue weighted by Gasteiger charge is 1.96. The maximum Gasteiger partial charge on any atom is 0.118 e. The summed E-state index contributed by atoms with van der Waals surface area (Å²) in [5.74, 6) is 0.905. The van der Waals surface area contributed by atoms with Crippen molar-refractivity contribution < 1.29 is 9.47 Å². The van der Waals surface area contributed by atoms with E-state index >= 15 is 0 Å². The van der Waals surface area contributed by atoms with Crippen molar-refractivity contribution in [2.75, 3.05) is 26.9 Å². The van der Waals surface area contributed by atoms with E-state index in [1.807, 2.05) is 12.1 Å². The molecule has 0 spiro atoms. The number of methoxy groups -OCH3 is 1. The molecule has 2 rings (SSSR count). The Morgan fingerprint density at radius 2 is 1.52 bits per heavy atom. The number of hydrogen-bond acceptors (Lipinski definition) is 3. The Bertz CT molecular complexity index is 554. The van der Waals surface area contributed by atoms with Crippen molar-refractivity contribution in [1.29, 1.82) is 0 Å². The molecule has 0 unspecified atom stereocenters. The molecule has 1 N–H and O–H groups in total. The minimum absolute atomic E-state index is 0.797. The molecule has 0 aliphatic heterocycles. The van der Waals surface area contributed by atoms with Gasteiger partial charge in [-0.15, -0.1) is 0 Å². The molecule has 0 aliphatic carbocycles. The van der Waals surface area contributed by atoms with Crippen LogP contribution in [0.15, 0.2) is 54.6 Å². The minimum atomic E-state index is 0.797. The summed E-state index contributed by atoms with van der Waals surface area (Å²) in [6, 6.07) is 18.8. The summed E-state index contributed by atoms with van der Waals surface area (Å²) in [6.07, 6.45) is 5.87. The molecule has 136 valence electrons. The second-order valence-corrected chi connectivity index (χ2v) is 6.29. The monoisotopic (exact) mass is 341 g/mol. The quantitative estimate of drug-likeness (QED) is 0.540. The first kappa shape index (κ1) is 19.5. The van der Waals surface area contributed by atoms with E-state index in [0.29, 0.717) is 0 Å². The van der Waals surface area contributed by atoms with E-state index in [1.54, 1.807) is 7.11 Å². The largest absolute Gasteiger partial charge is 0.497 e. The van der Waals surface area contributed by atoms with Crippen LogP contribution >= 0.6 is 0 Å². The van der Waals surface area contributed by atoms with E-state index in [9.17, 15) is 0 Å². The van der Waals surface area contributed by atoms with Gasteiger partial charge in [0, 0.05) is 13.2 Å². The molecule has 0 fully saturated rings. The van der Waals surface area contributed by atoms with Gasteiger partial charge in [-0.25, -0.2) is 0 Å². The first-order valence-corrected chi connectivity index (χ1v) is 9.34. The van der Waals surface area contributed by atoms with Gasteiger partial charge in [0.15, 0.2) is 0 Å². The van der Waals surface area contributed by atoms with Gasteiger partial charge in [-0.1, -0.05) is 55.3 Å². The van der Waals surface area contributed by atoms with Crippen LogP contribution < -0.4 is 10.1 Å². The number of rotatable bonds is 13. The van der Waals surface area contributed by atoms with Crippen LogP contribution in [0.5, 0.6) is 5.75 Å². The molecule has 0 radical (unpaired) electrons. The summed E-state index contributed by atoms with van der Waals surface area (Å²) in [4.78, 5) is 0. The van der Waals surface area contributed by atoms with Crippen LogP contribution in [-0.2, 0) is 17.7 Å². The van der Waals surface area contributed by atoms with Gasteiger partial charge in [-0.3, -0.25) is 0 Å². The van der Waals surface area contributed by atoms with E-state index in [0.717, 1.165) is 44.9 Å². The number of unbranched alkanes of at least 4 members (excludes halogenated alkanes) is 3. The average Bonchev–Trinajstić information content (AvgIpc) is 2.67. The third kappa shape index (κ3) is 8.71. The third-order valence-corrected chi connectivity index (χ3v) is 4.26. The lowest BCUT2D eigenvalue weighted by molar-refractivity contribution is 0.133. The molecule has 0 bridgehead atoms. The standard InChI is InChI=1S/C22H31NO2/c1-24-22-13-11-20(12-14-22)15-18-25-17-8-3-2-7-16-23-19-21-9-5-4-6-10-21/h4-6,9-14,23H,2-3,7-8,15-19H2,1H3. The summed E-state index contributed by atoms with van der Waals surface area (Å²) >= 11 is 0. The molecule has 0 saturated heterocycles. The SMILES string of the molecule is COc1ccc(CCOCCCCCCNCc2ccccc2)cc1. The molecule has 0 saturated carbocycles. The summed E-state index contributed by atoms with van der Waals surface area (Å²) in [5, 5.41) is 3.50. The predicted octanol–water partition coefficient (Wildman–Crippen LogP) is 4.60. The highest BCUT2D eigenvalue weighted by atomic mass is 16.5. The number of ether oxygens (including phenoxy) is 2. The highest BCUT2D eigenvalue weighted by molar-refractivity contribution is 5.27. The molecule has 0 aliphatic rings. The Morgan fingerprint density at radius 1 is 0.760 bits per heavy atom. The van der Waals surface area contributed by atoms with Crippen LogP contribution in [-0.4, -0.2) is 26.9 Å². The zero-order chi connectivity index (χ0) is 17.6. The molecule has 0 atom stereocenters. The van der Waals surface area contributed by atoms with Crippen LogP contribution in [0.4, 0.5) is 0 Å². The van der Waals surface area contributed by atoms with E-state index in [2.05, 4.69) is 47.8 Å². The van der Waals surface area contributed by atoms with Crippen molar-refractivity contribution in [3.8, 4) is 5.75 Å². The van der Waals surface area contributed by atoms with Gasteiger partial charge in [0.25, 0.3) is 0 Å². The Balaban J connectivity index is 1.37. The molecular formula is C22H31NO2. The Kier molecular flexibility index (Phi) is 9.75. The molecule has 3 nitrogen and oxygen atoms in total. The fraction of sp³-hybridized carbons (Fsp3) is 0.455. The van der Waals surface area contributed by atoms with Crippen molar-refractivity contribution in [2.45, 2.75) is 38.6 Å². The fourth-order valence-electron chi connectivity index (χ4n) is 2.72. The second-order valence-electron chi connectivity index (χ2n) is 6.29. The molecule has 2 aromatic carbocycles.